The molecule has 3 aromatic heterocycles. The van der Waals surface area contributed by atoms with E-state index < -0.39 is 8.07 Å². The summed E-state index contributed by atoms with van der Waals surface area (Å²) in [6.45, 7) is 20.7. The van der Waals surface area contributed by atoms with E-state index in [-0.39, 0.29) is 30.9 Å². The second-order valence-corrected chi connectivity index (χ2v) is 21.5. The molecule has 0 N–H and O–H groups in total. The second-order valence-electron chi connectivity index (χ2n) is 16.4. The molecule has 1 radical (unpaired) electrons. The van der Waals surface area contributed by atoms with Crippen LogP contribution < -0.4 is 5.19 Å². The topological polar surface area (TPSA) is 38.9 Å². The van der Waals surface area contributed by atoms with Gasteiger partial charge in [-0.15, -0.1) is 54.1 Å². The van der Waals surface area contributed by atoms with Crippen molar-refractivity contribution >= 4 is 35.2 Å². The molecule has 0 spiro atoms. The predicted molar refractivity (Wildman–Crippen MR) is 215 cm³/mol. The Balaban J connectivity index is 0.000000205. The maximum atomic E-state index is 6.28. The average Bonchev–Trinajstić information content (AvgIpc) is 3.46. The van der Waals surface area contributed by atoms with Crippen molar-refractivity contribution in [1.82, 2.24) is 9.97 Å². The fourth-order valence-electron chi connectivity index (χ4n) is 6.37. The third kappa shape index (κ3) is 9.02. The molecule has 3 nitrogen and oxygen atoms in total. The molecule has 0 saturated heterocycles. The first-order valence-electron chi connectivity index (χ1n) is 17.5. The van der Waals surface area contributed by atoms with Gasteiger partial charge in [0.1, 0.15) is 5.58 Å². The first-order valence-corrected chi connectivity index (χ1v) is 21.0. The number of furan rings is 1. The molecule has 0 fully saturated rings. The van der Waals surface area contributed by atoms with Gasteiger partial charge in [-0.2, -0.15) is 0 Å². The van der Waals surface area contributed by atoms with Crippen molar-refractivity contribution in [3.63, 3.8) is 0 Å². The summed E-state index contributed by atoms with van der Waals surface area (Å²) in [7, 11) is -1.37. The Morgan fingerprint density at radius 3 is 2.10 bits per heavy atom. The van der Waals surface area contributed by atoms with E-state index in [0.29, 0.717) is 0 Å². The van der Waals surface area contributed by atoms with Crippen LogP contribution in [0.3, 0.4) is 0 Å². The molecule has 0 aliphatic heterocycles. The van der Waals surface area contributed by atoms with Gasteiger partial charge in [0, 0.05) is 37.9 Å². The average molecular weight is 865 g/mol. The molecule has 0 bridgehead atoms. The zero-order valence-electron chi connectivity index (χ0n) is 31.3. The maximum absolute atomic E-state index is 6.28. The van der Waals surface area contributed by atoms with E-state index >= 15 is 0 Å². The smallest absolute Gasteiger partial charge is 0.120 e. The van der Waals surface area contributed by atoms with Crippen LogP contribution in [0, 0.1) is 17.5 Å². The summed E-state index contributed by atoms with van der Waals surface area (Å²) in [5.41, 5.74) is 11.1. The molecule has 0 saturated carbocycles. The molecule has 7 rings (SSSR count). The molecule has 3 heterocycles. The van der Waals surface area contributed by atoms with Crippen molar-refractivity contribution in [2.75, 3.05) is 0 Å². The van der Waals surface area contributed by atoms with Crippen LogP contribution in [0.2, 0.25) is 19.6 Å². The maximum Gasteiger partial charge on any atom is 0.120 e. The van der Waals surface area contributed by atoms with E-state index in [1.54, 1.807) is 0 Å². The number of aromatic nitrogens is 2. The number of fused-ring (bicyclic) bond motifs is 3. The van der Waals surface area contributed by atoms with Crippen molar-refractivity contribution in [3.05, 3.63) is 139 Å². The number of hydrogen-bond acceptors (Lipinski definition) is 3. The van der Waals surface area contributed by atoms with E-state index in [1.165, 1.54) is 27.4 Å². The molecule has 0 amide bonds. The van der Waals surface area contributed by atoms with Gasteiger partial charge in [0.05, 0.1) is 13.7 Å². The van der Waals surface area contributed by atoms with Gasteiger partial charge in [-0.3, -0.25) is 0 Å². The van der Waals surface area contributed by atoms with Gasteiger partial charge in [0.15, 0.2) is 0 Å². The van der Waals surface area contributed by atoms with Crippen LogP contribution in [0.5, 0.6) is 0 Å². The Morgan fingerprint density at radius 1 is 0.686 bits per heavy atom. The summed E-state index contributed by atoms with van der Waals surface area (Å²) in [5, 5.41) is 3.69. The van der Waals surface area contributed by atoms with Gasteiger partial charge < -0.3 is 14.4 Å². The normalized spacial score (nSPS) is 11.9. The zero-order chi connectivity index (χ0) is 35.7. The third-order valence-corrected chi connectivity index (χ3v) is 11.0. The SMILES string of the molecule is CC(C)(C)Cc1cc(-c2[c-]cccc2)ncc1[Si](C)(C)C.CC(C)(C)c1ccnc(-c2[c-]ccc3c2oc2ccc(-c4ccccc4)cc23)c1.[Ir]. The van der Waals surface area contributed by atoms with Gasteiger partial charge in [-0.1, -0.05) is 126 Å². The Hall–Kier alpha value is -4.15. The molecule has 0 atom stereocenters. The molecule has 263 valence electrons. The first-order chi connectivity index (χ1) is 23.7. The molecule has 0 aliphatic carbocycles. The Kier molecular flexibility index (Phi) is 11.4. The minimum Gasteiger partial charge on any atom is -0.501 e. The first kappa shape index (κ1) is 38.1. The fraction of sp³-hybridized carbons (Fsp3) is 0.261. The van der Waals surface area contributed by atoms with Crippen molar-refractivity contribution in [2.45, 2.75) is 73.0 Å². The summed E-state index contributed by atoms with van der Waals surface area (Å²) in [6, 6.07) is 42.1. The van der Waals surface area contributed by atoms with Crippen molar-refractivity contribution < 1.29 is 24.5 Å². The minimum absolute atomic E-state index is 0. The summed E-state index contributed by atoms with van der Waals surface area (Å²) in [5.74, 6) is 0. The van der Waals surface area contributed by atoms with Gasteiger partial charge in [0.2, 0.25) is 0 Å². The van der Waals surface area contributed by atoms with E-state index in [4.69, 9.17) is 9.40 Å². The third-order valence-electron chi connectivity index (χ3n) is 8.92. The minimum atomic E-state index is -1.37. The van der Waals surface area contributed by atoms with Crippen LogP contribution >= 0.6 is 0 Å². The van der Waals surface area contributed by atoms with E-state index in [2.05, 4.69) is 157 Å². The van der Waals surface area contributed by atoms with Crippen LogP contribution in [-0.4, -0.2) is 18.0 Å². The molecular formula is C46H48IrN2OSi-2. The van der Waals surface area contributed by atoms with Crippen LogP contribution in [0.15, 0.2) is 120 Å². The molecular weight excluding hydrogens is 817 g/mol. The van der Waals surface area contributed by atoms with Gasteiger partial charge in [0.25, 0.3) is 0 Å². The number of nitrogens with zero attached hydrogens (tertiary/aromatic N) is 2. The number of benzene rings is 4. The van der Waals surface area contributed by atoms with Crippen molar-refractivity contribution in [1.29, 1.82) is 0 Å². The molecule has 4 aromatic carbocycles. The van der Waals surface area contributed by atoms with Crippen molar-refractivity contribution in [2.24, 2.45) is 5.41 Å². The summed E-state index contributed by atoms with van der Waals surface area (Å²) < 4.78 is 6.28. The van der Waals surface area contributed by atoms with Crippen LogP contribution in [0.4, 0.5) is 0 Å². The summed E-state index contributed by atoms with van der Waals surface area (Å²) in [4.78, 5) is 9.33. The van der Waals surface area contributed by atoms with Gasteiger partial charge in [-0.05, 0) is 68.7 Å². The quantitative estimate of drug-likeness (QED) is 0.128. The largest absolute Gasteiger partial charge is 0.501 e. The predicted octanol–water partition coefficient (Wildman–Crippen LogP) is 12.1. The molecule has 0 aliphatic rings. The van der Waals surface area contributed by atoms with Crippen LogP contribution in [0.25, 0.3) is 55.6 Å². The Bertz CT molecular complexity index is 2240. The number of hydrogen-bond donors (Lipinski definition) is 0. The molecule has 7 aromatic rings. The van der Waals surface area contributed by atoms with Crippen molar-refractivity contribution in [3.8, 4) is 33.6 Å². The van der Waals surface area contributed by atoms with Crippen LogP contribution in [-0.2, 0) is 31.9 Å². The summed E-state index contributed by atoms with van der Waals surface area (Å²) in [6.07, 6.45) is 5.08. The molecule has 51 heavy (non-hydrogen) atoms. The van der Waals surface area contributed by atoms with E-state index in [9.17, 15) is 0 Å². The standard InChI is InChI=1S/C27H22NO.C19H26NSi.Ir/c1-27(2,3)20-14-15-28-24(17-20)22-11-7-10-21-23-16-19(18-8-5-4-6-9-18)12-13-25(23)29-26(21)22;1-19(2,3)13-16-12-17(15-10-8-7-9-11-15)20-14-18(16)21(4,5)6;/h4-10,12-17H,1-3H3;7-10,12,14H,13H2,1-6H3;/q2*-1;. The Labute approximate surface area is 319 Å². The zero-order valence-corrected chi connectivity index (χ0v) is 34.7. The molecule has 0 unspecified atom stereocenters. The van der Waals surface area contributed by atoms with Gasteiger partial charge in [-0.25, -0.2) is 0 Å². The molecule has 5 heteroatoms. The van der Waals surface area contributed by atoms with E-state index in [1.807, 2.05) is 36.5 Å². The monoisotopic (exact) mass is 865 g/mol. The van der Waals surface area contributed by atoms with Crippen LogP contribution in [0.1, 0.15) is 52.7 Å². The van der Waals surface area contributed by atoms with Gasteiger partial charge >= 0.3 is 0 Å². The summed E-state index contributed by atoms with van der Waals surface area (Å²) >= 11 is 0. The fourth-order valence-corrected chi connectivity index (χ4v) is 7.94. The second kappa shape index (κ2) is 15.2. The number of pyridine rings is 2. The van der Waals surface area contributed by atoms with E-state index in [0.717, 1.165) is 50.9 Å². The number of rotatable bonds is 5. The Morgan fingerprint density at radius 2 is 1.43 bits per heavy atom.